The van der Waals surface area contributed by atoms with Gasteiger partial charge in [-0.3, -0.25) is 0 Å². The summed E-state index contributed by atoms with van der Waals surface area (Å²) in [4.78, 5) is 23.4. The quantitative estimate of drug-likeness (QED) is 0.404. The number of carboxylic acid groups (broad SMARTS) is 1. The van der Waals surface area contributed by atoms with Gasteiger partial charge in [-0.05, 0) is 25.1 Å². The summed E-state index contributed by atoms with van der Waals surface area (Å²) in [7, 11) is 0. The first-order chi connectivity index (χ1) is 10.5. The molecular weight excluding hydrogens is 352 g/mol. The lowest BCUT2D eigenvalue weighted by Gasteiger charge is -2.21. The van der Waals surface area contributed by atoms with Gasteiger partial charge in [-0.1, -0.05) is 34.7 Å². The fourth-order valence-corrected chi connectivity index (χ4v) is 2.26. The number of halogens is 1. The minimum absolute atomic E-state index is 0.156. The van der Waals surface area contributed by atoms with Gasteiger partial charge in [0.1, 0.15) is 6.04 Å². The number of aliphatic carboxylic acids is 1. The van der Waals surface area contributed by atoms with Crippen LogP contribution in [0.25, 0.3) is 0 Å². The summed E-state index contributed by atoms with van der Waals surface area (Å²) in [6, 6.07) is -1.88. The largest absolute Gasteiger partial charge is 0.480 e. The molecule has 6 N–H and O–H groups in total. The second kappa shape index (κ2) is 9.26. The lowest BCUT2D eigenvalue weighted by molar-refractivity contribution is -0.139. The molecule has 7 nitrogen and oxygen atoms in total. The van der Waals surface area contributed by atoms with Gasteiger partial charge in [0.25, 0.3) is 0 Å². The molecule has 0 aromatic heterocycles. The molecule has 3 unspecified atom stereocenters. The van der Waals surface area contributed by atoms with Gasteiger partial charge >= 0.3 is 12.0 Å². The number of allylic oxidation sites excluding steroid dienone is 3. The number of nitrogens with two attached hydrogens (primary N) is 1. The van der Waals surface area contributed by atoms with Gasteiger partial charge in [0.2, 0.25) is 0 Å². The van der Waals surface area contributed by atoms with Gasteiger partial charge < -0.3 is 26.8 Å². The van der Waals surface area contributed by atoms with Crippen molar-refractivity contribution in [3.05, 3.63) is 36.7 Å². The molecule has 0 heterocycles. The van der Waals surface area contributed by atoms with Gasteiger partial charge in [0, 0.05) is 23.1 Å². The molecular formula is C14H21BrN4O3. The van der Waals surface area contributed by atoms with Crippen LogP contribution in [0, 0.1) is 0 Å². The number of rotatable bonds is 8. The lowest BCUT2D eigenvalue weighted by Crippen LogP contribution is -2.49. The van der Waals surface area contributed by atoms with Crippen molar-refractivity contribution in [3.8, 4) is 0 Å². The zero-order valence-electron chi connectivity index (χ0n) is 12.1. The third kappa shape index (κ3) is 6.31. The molecule has 2 amide bonds. The van der Waals surface area contributed by atoms with Crippen LogP contribution in [0.1, 0.15) is 12.8 Å². The SMILES string of the molecule is C=CNC(CN)CC(NC(=O)NC1=CCC(Br)C=C1)C(=O)O. The highest BCUT2D eigenvalue weighted by Gasteiger charge is 2.23. The van der Waals surface area contributed by atoms with Crippen molar-refractivity contribution < 1.29 is 14.7 Å². The summed E-state index contributed by atoms with van der Waals surface area (Å²) in [5.74, 6) is -1.12. The molecule has 3 atom stereocenters. The third-order valence-electron chi connectivity index (χ3n) is 3.07. The highest BCUT2D eigenvalue weighted by atomic mass is 79.9. The average Bonchev–Trinajstić information content (AvgIpc) is 2.48. The molecule has 0 aromatic rings. The first-order valence-corrected chi connectivity index (χ1v) is 7.77. The van der Waals surface area contributed by atoms with E-state index < -0.39 is 18.0 Å². The number of alkyl halides is 1. The van der Waals surface area contributed by atoms with E-state index >= 15 is 0 Å². The minimum Gasteiger partial charge on any atom is -0.480 e. The van der Waals surface area contributed by atoms with Crippen LogP contribution in [0.5, 0.6) is 0 Å². The molecule has 0 saturated carbocycles. The molecule has 0 saturated heterocycles. The maximum Gasteiger partial charge on any atom is 0.326 e. The number of amides is 2. The molecule has 0 aliphatic heterocycles. The number of carbonyl (C=O) groups excluding carboxylic acids is 1. The maximum atomic E-state index is 11.9. The second-order valence-electron chi connectivity index (χ2n) is 4.80. The Balaban J connectivity index is 2.55. The molecule has 1 aliphatic rings. The van der Waals surface area contributed by atoms with Crippen molar-refractivity contribution in [2.45, 2.75) is 29.8 Å². The number of nitrogens with one attached hydrogen (secondary N) is 3. The number of hydrogen-bond donors (Lipinski definition) is 5. The normalized spacial score (nSPS) is 19.5. The monoisotopic (exact) mass is 372 g/mol. The van der Waals surface area contributed by atoms with Crippen LogP contribution in [0.15, 0.2) is 36.7 Å². The van der Waals surface area contributed by atoms with E-state index in [9.17, 15) is 14.7 Å². The van der Waals surface area contributed by atoms with Crippen LogP contribution in [-0.2, 0) is 4.79 Å². The molecule has 0 radical (unpaired) electrons. The Labute approximate surface area is 137 Å². The lowest BCUT2D eigenvalue weighted by atomic mass is 10.1. The third-order valence-corrected chi connectivity index (χ3v) is 3.75. The molecule has 0 bridgehead atoms. The summed E-state index contributed by atoms with van der Waals surface area (Å²) in [5, 5.41) is 17.1. The van der Waals surface area contributed by atoms with Gasteiger partial charge in [0.15, 0.2) is 0 Å². The Bertz CT molecular complexity index is 479. The topological polar surface area (TPSA) is 116 Å². The fraction of sp³-hybridized carbons (Fsp3) is 0.429. The number of carbonyl (C=O) groups is 2. The summed E-state index contributed by atoms with van der Waals surface area (Å²) in [6.45, 7) is 3.75. The molecule has 8 heteroatoms. The standard InChI is InChI=1S/C14H21BrN4O3/c1-2-17-11(8-16)7-12(13(20)21)19-14(22)18-10-5-3-9(15)4-6-10/h2-3,5-6,9,11-12,17H,1,4,7-8,16H2,(H,20,21)(H2,18,19,22). The molecule has 0 aromatic carbocycles. The number of hydrogen-bond acceptors (Lipinski definition) is 4. The summed E-state index contributed by atoms with van der Waals surface area (Å²) in [6.07, 6.45) is 7.89. The number of urea groups is 1. The van der Waals surface area contributed by atoms with Gasteiger partial charge in [0.05, 0.1) is 0 Å². The van der Waals surface area contributed by atoms with Crippen LogP contribution >= 0.6 is 15.9 Å². The molecule has 22 heavy (non-hydrogen) atoms. The van der Waals surface area contributed by atoms with Crippen molar-refractivity contribution in [2.24, 2.45) is 5.73 Å². The van der Waals surface area contributed by atoms with E-state index in [-0.39, 0.29) is 23.8 Å². The van der Waals surface area contributed by atoms with E-state index in [1.807, 2.05) is 12.2 Å². The van der Waals surface area contributed by atoms with Gasteiger partial charge in [-0.15, -0.1) is 0 Å². The van der Waals surface area contributed by atoms with Crippen molar-refractivity contribution in [1.82, 2.24) is 16.0 Å². The van der Waals surface area contributed by atoms with Crippen LogP contribution in [-0.4, -0.2) is 40.6 Å². The first kappa shape index (κ1) is 18.2. The highest BCUT2D eigenvalue weighted by Crippen LogP contribution is 2.15. The zero-order chi connectivity index (χ0) is 16.5. The van der Waals surface area contributed by atoms with E-state index in [1.54, 1.807) is 6.08 Å². The Morgan fingerprint density at radius 3 is 2.82 bits per heavy atom. The minimum atomic E-state index is -1.12. The van der Waals surface area contributed by atoms with Crippen molar-refractivity contribution in [1.29, 1.82) is 0 Å². The Morgan fingerprint density at radius 1 is 1.59 bits per heavy atom. The maximum absolute atomic E-state index is 11.9. The fourth-order valence-electron chi connectivity index (χ4n) is 1.92. The zero-order valence-corrected chi connectivity index (χ0v) is 13.7. The molecule has 0 spiro atoms. The van der Waals surface area contributed by atoms with E-state index in [4.69, 9.17) is 5.73 Å². The summed E-state index contributed by atoms with van der Waals surface area (Å²) in [5.41, 5.74) is 6.18. The van der Waals surface area contributed by atoms with Crippen molar-refractivity contribution >= 4 is 27.9 Å². The van der Waals surface area contributed by atoms with E-state index in [0.29, 0.717) is 5.70 Å². The predicted molar refractivity (Wildman–Crippen MR) is 88.4 cm³/mol. The van der Waals surface area contributed by atoms with Gasteiger partial charge in [-0.25, -0.2) is 9.59 Å². The van der Waals surface area contributed by atoms with E-state index in [0.717, 1.165) is 6.42 Å². The highest BCUT2D eigenvalue weighted by molar-refractivity contribution is 9.09. The van der Waals surface area contributed by atoms with Crippen LogP contribution < -0.4 is 21.7 Å². The van der Waals surface area contributed by atoms with Gasteiger partial charge in [-0.2, -0.15) is 0 Å². The second-order valence-corrected chi connectivity index (χ2v) is 5.97. The molecule has 1 aliphatic carbocycles. The van der Waals surface area contributed by atoms with E-state index in [1.165, 1.54) is 6.20 Å². The molecule has 0 fully saturated rings. The Morgan fingerprint density at radius 2 is 2.32 bits per heavy atom. The Hall–Kier alpha value is -1.80. The first-order valence-electron chi connectivity index (χ1n) is 6.86. The Kier molecular flexibility index (Phi) is 7.69. The van der Waals surface area contributed by atoms with Crippen LogP contribution in [0.3, 0.4) is 0 Å². The number of carboxylic acids is 1. The summed E-state index contributed by atoms with van der Waals surface area (Å²) < 4.78 is 0. The summed E-state index contributed by atoms with van der Waals surface area (Å²) >= 11 is 3.43. The average molecular weight is 373 g/mol. The predicted octanol–water partition coefficient (Wildman–Crippen LogP) is 0.797. The molecule has 122 valence electrons. The van der Waals surface area contributed by atoms with Crippen molar-refractivity contribution in [2.75, 3.05) is 6.54 Å². The van der Waals surface area contributed by atoms with E-state index in [2.05, 4.69) is 38.5 Å². The van der Waals surface area contributed by atoms with Crippen LogP contribution in [0.4, 0.5) is 4.79 Å². The van der Waals surface area contributed by atoms with Crippen LogP contribution in [0.2, 0.25) is 0 Å². The van der Waals surface area contributed by atoms with Crippen molar-refractivity contribution in [3.63, 3.8) is 0 Å². The molecule has 1 rings (SSSR count). The smallest absolute Gasteiger partial charge is 0.326 e.